The first-order valence-corrected chi connectivity index (χ1v) is 5.08. The van der Waals surface area contributed by atoms with Crippen molar-refractivity contribution in [2.75, 3.05) is 0 Å². The number of rotatable bonds is 1. The minimum atomic E-state index is 1.03. The van der Waals surface area contributed by atoms with E-state index in [1.54, 1.807) is 0 Å². The molecular formula is C12H11N3. The molecule has 0 bridgehead atoms. The van der Waals surface area contributed by atoms with E-state index < -0.39 is 0 Å². The van der Waals surface area contributed by atoms with E-state index in [-0.39, 0.29) is 0 Å². The first kappa shape index (κ1) is 8.41. The van der Waals surface area contributed by atoms with E-state index >= 15 is 0 Å². The van der Waals surface area contributed by atoms with Crippen molar-refractivity contribution < 1.29 is 0 Å². The molecule has 15 heavy (non-hydrogen) atoms. The van der Waals surface area contributed by atoms with Gasteiger partial charge in [-0.15, -0.1) is 0 Å². The number of fused-ring (bicyclic) bond motifs is 1. The molecule has 3 heteroatoms. The molecule has 0 atom stereocenters. The SMILES string of the molecule is C1=Cn2c(-c3ccncc3)cnc2CC1. The maximum Gasteiger partial charge on any atom is 0.113 e. The molecule has 3 heterocycles. The summed E-state index contributed by atoms with van der Waals surface area (Å²) < 4.78 is 2.15. The van der Waals surface area contributed by atoms with Crippen LogP contribution in [-0.2, 0) is 6.42 Å². The summed E-state index contributed by atoms with van der Waals surface area (Å²) in [7, 11) is 0. The summed E-state index contributed by atoms with van der Waals surface area (Å²) in [5.41, 5.74) is 2.30. The van der Waals surface area contributed by atoms with Crippen LogP contribution in [0, 0.1) is 0 Å². The van der Waals surface area contributed by atoms with Crippen LogP contribution in [0.25, 0.3) is 17.5 Å². The van der Waals surface area contributed by atoms with Crippen molar-refractivity contribution in [1.29, 1.82) is 0 Å². The van der Waals surface area contributed by atoms with E-state index in [0.29, 0.717) is 0 Å². The Morgan fingerprint density at radius 1 is 1.20 bits per heavy atom. The number of hydrogen-bond acceptors (Lipinski definition) is 2. The third-order valence-electron chi connectivity index (χ3n) is 2.64. The molecule has 74 valence electrons. The van der Waals surface area contributed by atoms with Gasteiger partial charge in [0.25, 0.3) is 0 Å². The third-order valence-corrected chi connectivity index (χ3v) is 2.64. The molecule has 0 radical (unpaired) electrons. The fraction of sp³-hybridized carbons (Fsp3) is 0.167. The fourth-order valence-electron chi connectivity index (χ4n) is 1.88. The number of hydrogen-bond donors (Lipinski definition) is 0. The van der Waals surface area contributed by atoms with Crippen molar-refractivity contribution in [1.82, 2.24) is 14.5 Å². The molecule has 0 saturated heterocycles. The lowest BCUT2D eigenvalue weighted by Crippen LogP contribution is -2.02. The zero-order valence-corrected chi connectivity index (χ0v) is 8.30. The average molecular weight is 197 g/mol. The van der Waals surface area contributed by atoms with Gasteiger partial charge in [-0.05, 0) is 18.6 Å². The van der Waals surface area contributed by atoms with Crippen molar-refractivity contribution in [3.05, 3.63) is 42.6 Å². The summed E-state index contributed by atoms with van der Waals surface area (Å²) in [4.78, 5) is 8.44. The van der Waals surface area contributed by atoms with Crippen LogP contribution in [-0.4, -0.2) is 14.5 Å². The second-order valence-corrected chi connectivity index (χ2v) is 3.59. The molecule has 2 aromatic rings. The zero-order valence-electron chi connectivity index (χ0n) is 8.30. The molecule has 0 aliphatic carbocycles. The monoisotopic (exact) mass is 197 g/mol. The number of imidazole rings is 1. The molecule has 0 spiro atoms. The van der Waals surface area contributed by atoms with E-state index in [0.717, 1.165) is 29.9 Å². The van der Waals surface area contributed by atoms with Gasteiger partial charge in [-0.1, -0.05) is 6.08 Å². The number of aryl methyl sites for hydroxylation is 1. The lowest BCUT2D eigenvalue weighted by molar-refractivity contribution is 0.840. The average Bonchev–Trinajstić information content (AvgIpc) is 2.74. The summed E-state index contributed by atoms with van der Waals surface area (Å²) in [6.45, 7) is 0. The summed E-state index contributed by atoms with van der Waals surface area (Å²) in [5.74, 6) is 1.14. The van der Waals surface area contributed by atoms with E-state index in [4.69, 9.17) is 0 Å². The summed E-state index contributed by atoms with van der Waals surface area (Å²) in [6, 6.07) is 4.01. The van der Waals surface area contributed by atoms with E-state index in [1.165, 1.54) is 0 Å². The van der Waals surface area contributed by atoms with Gasteiger partial charge in [0, 0.05) is 30.6 Å². The standard InChI is InChI=1S/C12H11N3/c1-2-8-15-11(9-14-12(15)3-1)10-4-6-13-7-5-10/h2,4-9H,1,3H2. The van der Waals surface area contributed by atoms with Gasteiger partial charge in [-0.25, -0.2) is 4.98 Å². The van der Waals surface area contributed by atoms with Gasteiger partial charge < -0.3 is 4.57 Å². The molecule has 3 rings (SSSR count). The Bertz CT molecular complexity index is 497. The van der Waals surface area contributed by atoms with Crippen molar-refractivity contribution in [3.63, 3.8) is 0 Å². The van der Waals surface area contributed by atoms with Gasteiger partial charge in [0.15, 0.2) is 0 Å². The highest BCUT2D eigenvalue weighted by Gasteiger charge is 2.11. The lowest BCUT2D eigenvalue weighted by atomic mass is 10.2. The summed E-state index contributed by atoms with van der Waals surface area (Å²) in [5, 5.41) is 0. The van der Waals surface area contributed by atoms with Crippen LogP contribution in [0.4, 0.5) is 0 Å². The van der Waals surface area contributed by atoms with E-state index in [2.05, 4.69) is 26.8 Å². The Hall–Kier alpha value is -1.90. The predicted octanol–water partition coefficient (Wildman–Crippen LogP) is 2.36. The second-order valence-electron chi connectivity index (χ2n) is 3.59. The maximum atomic E-state index is 4.42. The molecule has 3 nitrogen and oxygen atoms in total. The first-order chi connectivity index (χ1) is 7.45. The maximum absolute atomic E-state index is 4.42. The second kappa shape index (κ2) is 3.35. The molecule has 0 N–H and O–H groups in total. The highest BCUT2D eigenvalue weighted by molar-refractivity contribution is 5.62. The highest BCUT2D eigenvalue weighted by atomic mass is 15.1. The van der Waals surface area contributed by atoms with Gasteiger partial charge in [-0.3, -0.25) is 4.98 Å². The van der Waals surface area contributed by atoms with Crippen molar-refractivity contribution in [3.8, 4) is 11.3 Å². The predicted molar refractivity (Wildman–Crippen MR) is 59.1 cm³/mol. The Morgan fingerprint density at radius 2 is 2.07 bits per heavy atom. The molecule has 1 aliphatic rings. The normalized spacial score (nSPS) is 13.9. The smallest absolute Gasteiger partial charge is 0.113 e. The highest BCUT2D eigenvalue weighted by Crippen LogP contribution is 2.23. The Morgan fingerprint density at radius 3 is 2.93 bits per heavy atom. The van der Waals surface area contributed by atoms with E-state index in [1.807, 2.05) is 30.7 Å². The molecule has 2 aromatic heterocycles. The molecule has 1 aliphatic heterocycles. The van der Waals surface area contributed by atoms with Crippen LogP contribution >= 0.6 is 0 Å². The lowest BCUT2D eigenvalue weighted by Gasteiger charge is -2.10. The molecule has 0 fully saturated rings. The Kier molecular flexibility index (Phi) is 1.88. The molecular weight excluding hydrogens is 186 g/mol. The van der Waals surface area contributed by atoms with E-state index in [9.17, 15) is 0 Å². The summed E-state index contributed by atoms with van der Waals surface area (Å²) in [6.07, 6.45) is 11.9. The first-order valence-electron chi connectivity index (χ1n) is 5.08. The van der Waals surface area contributed by atoms with Crippen LogP contribution in [0.2, 0.25) is 0 Å². The van der Waals surface area contributed by atoms with Gasteiger partial charge >= 0.3 is 0 Å². The molecule has 0 unspecified atom stereocenters. The number of aromatic nitrogens is 3. The molecule has 0 aromatic carbocycles. The Balaban J connectivity index is 2.15. The van der Waals surface area contributed by atoms with Crippen molar-refractivity contribution in [2.45, 2.75) is 12.8 Å². The minimum Gasteiger partial charge on any atom is -0.303 e. The van der Waals surface area contributed by atoms with Gasteiger partial charge in [0.05, 0.1) is 11.9 Å². The van der Waals surface area contributed by atoms with Crippen LogP contribution < -0.4 is 0 Å². The van der Waals surface area contributed by atoms with Gasteiger partial charge in [-0.2, -0.15) is 0 Å². The minimum absolute atomic E-state index is 1.03. The van der Waals surface area contributed by atoms with Gasteiger partial charge in [0.1, 0.15) is 5.82 Å². The van der Waals surface area contributed by atoms with Crippen LogP contribution in [0.3, 0.4) is 0 Å². The largest absolute Gasteiger partial charge is 0.303 e. The van der Waals surface area contributed by atoms with Gasteiger partial charge in [0.2, 0.25) is 0 Å². The van der Waals surface area contributed by atoms with Crippen molar-refractivity contribution >= 4 is 6.20 Å². The van der Waals surface area contributed by atoms with Crippen LogP contribution in [0.1, 0.15) is 12.2 Å². The molecule has 0 saturated carbocycles. The third kappa shape index (κ3) is 1.36. The topological polar surface area (TPSA) is 30.7 Å². The number of allylic oxidation sites excluding steroid dienone is 1. The Labute approximate surface area is 88.1 Å². The number of nitrogens with zero attached hydrogens (tertiary/aromatic N) is 3. The van der Waals surface area contributed by atoms with Crippen LogP contribution in [0.15, 0.2) is 36.8 Å². The quantitative estimate of drug-likeness (QED) is 0.702. The summed E-state index contributed by atoms with van der Waals surface area (Å²) >= 11 is 0. The fourth-order valence-corrected chi connectivity index (χ4v) is 1.88. The van der Waals surface area contributed by atoms with Crippen molar-refractivity contribution in [2.24, 2.45) is 0 Å². The molecule has 0 amide bonds. The number of pyridine rings is 1. The zero-order chi connectivity index (χ0) is 10.1. The van der Waals surface area contributed by atoms with Crippen LogP contribution in [0.5, 0.6) is 0 Å².